The summed E-state index contributed by atoms with van der Waals surface area (Å²) in [5, 5.41) is 2.59. The average Bonchev–Trinajstić information content (AvgIpc) is 2.82. The molecule has 2 aromatic rings. The molecule has 0 aromatic heterocycles. The van der Waals surface area contributed by atoms with Crippen LogP contribution in [0.3, 0.4) is 0 Å². The molecule has 1 N–H and O–H groups in total. The Morgan fingerprint density at radius 2 is 1.71 bits per heavy atom. The van der Waals surface area contributed by atoms with E-state index in [0.717, 1.165) is 16.1 Å². The predicted octanol–water partition coefficient (Wildman–Crippen LogP) is 2.41. The zero-order valence-electron chi connectivity index (χ0n) is 20.3. The van der Waals surface area contributed by atoms with E-state index in [9.17, 15) is 18.0 Å². The zero-order valence-corrected chi connectivity index (χ0v) is 21.1. The molecule has 10 heteroatoms. The summed E-state index contributed by atoms with van der Waals surface area (Å²) >= 11 is 0. The van der Waals surface area contributed by atoms with Crippen molar-refractivity contribution in [1.29, 1.82) is 0 Å². The van der Waals surface area contributed by atoms with Gasteiger partial charge in [-0.05, 0) is 43.2 Å². The molecule has 2 amide bonds. The molecule has 0 spiro atoms. The Bertz CT molecular complexity index is 1070. The number of nitrogens with one attached hydrogen (secondary N) is 1. The summed E-state index contributed by atoms with van der Waals surface area (Å²) in [6, 6.07) is 13.0. The molecule has 2 rings (SSSR count). The summed E-state index contributed by atoms with van der Waals surface area (Å²) in [6.07, 6.45) is 1.39. The first-order chi connectivity index (χ1) is 16.2. The lowest BCUT2D eigenvalue weighted by Gasteiger charge is -2.33. The van der Waals surface area contributed by atoms with Crippen LogP contribution in [0, 0.1) is 0 Å². The second-order valence-corrected chi connectivity index (χ2v) is 9.49. The number of carbonyl (C=O) groups excluding carboxylic acids is 2. The van der Waals surface area contributed by atoms with Crippen LogP contribution in [0.5, 0.6) is 11.5 Å². The Labute approximate surface area is 201 Å². The number of sulfonamides is 1. The van der Waals surface area contributed by atoms with Crippen molar-refractivity contribution in [2.75, 3.05) is 37.9 Å². The number of methoxy groups -OCH3 is 1. The Morgan fingerprint density at radius 3 is 2.24 bits per heavy atom. The number of hydrogen-bond acceptors (Lipinski definition) is 6. The standard InChI is InChI=1S/C24H33N3O6S/c1-6-20(24(29)25-3)26(16-18-12-14-19(32-4)15-13-18)23(28)17-27(34(5,30)31)21-10-8-9-11-22(21)33-7-2/h8-15,20H,6-7,16-17H2,1-5H3,(H,25,29)/t20-/m0/s1. The molecule has 34 heavy (non-hydrogen) atoms. The number of ether oxygens (including phenoxy) is 2. The molecule has 0 aliphatic rings. The number of hydrogen-bond donors (Lipinski definition) is 1. The van der Waals surface area contributed by atoms with Gasteiger partial charge >= 0.3 is 0 Å². The minimum absolute atomic E-state index is 0.124. The van der Waals surface area contributed by atoms with Gasteiger partial charge in [0.15, 0.2) is 0 Å². The number of carbonyl (C=O) groups is 2. The summed E-state index contributed by atoms with van der Waals surface area (Å²) in [7, 11) is -0.778. The fourth-order valence-corrected chi connectivity index (χ4v) is 4.40. The molecule has 1 atom stereocenters. The normalized spacial score (nSPS) is 11.9. The molecule has 0 heterocycles. The van der Waals surface area contributed by atoms with Crippen molar-refractivity contribution in [1.82, 2.24) is 10.2 Å². The number of anilines is 1. The highest BCUT2D eigenvalue weighted by atomic mass is 32.2. The largest absolute Gasteiger partial charge is 0.497 e. The molecule has 2 aromatic carbocycles. The Hall–Kier alpha value is -3.27. The fourth-order valence-electron chi connectivity index (χ4n) is 3.55. The second-order valence-electron chi connectivity index (χ2n) is 7.58. The molecule has 0 radical (unpaired) electrons. The molecule has 0 unspecified atom stereocenters. The van der Waals surface area contributed by atoms with E-state index >= 15 is 0 Å². The van der Waals surface area contributed by atoms with Gasteiger partial charge in [0, 0.05) is 13.6 Å². The van der Waals surface area contributed by atoms with E-state index in [-0.39, 0.29) is 18.1 Å². The summed E-state index contributed by atoms with van der Waals surface area (Å²) in [6.45, 7) is 3.57. The van der Waals surface area contributed by atoms with Crippen molar-refractivity contribution in [2.45, 2.75) is 32.9 Å². The monoisotopic (exact) mass is 491 g/mol. The van der Waals surface area contributed by atoms with Gasteiger partial charge < -0.3 is 19.7 Å². The van der Waals surface area contributed by atoms with Crippen molar-refractivity contribution in [2.24, 2.45) is 0 Å². The van der Waals surface area contributed by atoms with E-state index in [1.54, 1.807) is 69.5 Å². The van der Waals surface area contributed by atoms with E-state index in [4.69, 9.17) is 9.47 Å². The van der Waals surface area contributed by atoms with Gasteiger partial charge in [-0.2, -0.15) is 0 Å². The summed E-state index contributed by atoms with van der Waals surface area (Å²) < 4.78 is 37.2. The lowest BCUT2D eigenvalue weighted by Crippen LogP contribution is -2.51. The van der Waals surface area contributed by atoms with Crippen LogP contribution in [0.1, 0.15) is 25.8 Å². The number of amides is 2. The third kappa shape index (κ3) is 6.86. The second kappa shape index (κ2) is 12.3. The number of benzene rings is 2. The van der Waals surface area contributed by atoms with Gasteiger partial charge in [-0.25, -0.2) is 8.42 Å². The predicted molar refractivity (Wildman–Crippen MR) is 131 cm³/mol. The van der Waals surface area contributed by atoms with Crippen LogP contribution in [-0.2, 0) is 26.2 Å². The lowest BCUT2D eigenvalue weighted by molar-refractivity contribution is -0.140. The number of rotatable bonds is 12. The highest BCUT2D eigenvalue weighted by Crippen LogP contribution is 2.30. The highest BCUT2D eigenvalue weighted by molar-refractivity contribution is 7.92. The summed E-state index contributed by atoms with van der Waals surface area (Å²) in [4.78, 5) is 27.6. The molecular formula is C24H33N3O6S. The first-order valence-electron chi connectivity index (χ1n) is 11.0. The molecule has 0 bridgehead atoms. The topological polar surface area (TPSA) is 105 Å². The van der Waals surface area contributed by atoms with Gasteiger partial charge in [0.05, 0.1) is 25.7 Å². The molecule has 9 nitrogen and oxygen atoms in total. The van der Waals surface area contributed by atoms with Gasteiger partial charge in [0.2, 0.25) is 21.8 Å². The van der Waals surface area contributed by atoms with Gasteiger partial charge in [0.25, 0.3) is 0 Å². The molecule has 186 valence electrons. The maximum atomic E-state index is 13.6. The third-order valence-corrected chi connectivity index (χ3v) is 6.38. The minimum atomic E-state index is -3.84. The molecule has 0 saturated heterocycles. The molecular weight excluding hydrogens is 458 g/mol. The molecule has 0 aliphatic heterocycles. The van der Waals surface area contributed by atoms with E-state index in [1.165, 1.54) is 11.9 Å². The molecule has 0 saturated carbocycles. The highest BCUT2D eigenvalue weighted by Gasteiger charge is 2.32. The summed E-state index contributed by atoms with van der Waals surface area (Å²) in [5.41, 5.74) is 1.04. The maximum absolute atomic E-state index is 13.6. The van der Waals surface area contributed by atoms with Crippen molar-refractivity contribution < 1.29 is 27.5 Å². The maximum Gasteiger partial charge on any atom is 0.244 e. The molecule has 0 fully saturated rings. The fraction of sp³-hybridized carbons (Fsp3) is 0.417. The number of likely N-dealkylation sites (N-methyl/N-ethyl adjacent to an activating group) is 1. The lowest BCUT2D eigenvalue weighted by atomic mass is 10.1. The van der Waals surface area contributed by atoms with Gasteiger partial charge in [-0.15, -0.1) is 0 Å². The van der Waals surface area contributed by atoms with Crippen LogP contribution in [0.2, 0.25) is 0 Å². The van der Waals surface area contributed by atoms with Gasteiger partial charge in [-0.1, -0.05) is 31.2 Å². The summed E-state index contributed by atoms with van der Waals surface area (Å²) in [5.74, 6) is 0.173. The van der Waals surface area contributed by atoms with Crippen molar-refractivity contribution in [3.63, 3.8) is 0 Å². The van der Waals surface area contributed by atoms with Gasteiger partial charge in [0.1, 0.15) is 24.1 Å². The Morgan fingerprint density at radius 1 is 1.06 bits per heavy atom. The number of para-hydroxylation sites is 2. The average molecular weight is 492 g/mol. The van der Waals surface area contributed by atoms with Crippen LogP contribution < -0.4 is 19.1 Å². The SMILES string of the molecule is CCOc1ccccc1N(CC(=O)N(Cc1ccc(OC)cc1)[C@@H](CC)C(=O)NC)S(C)(=O)=O. The number of nitrogens with zero attached hydrogens (tertiary/aromatic N) is 2. The Kier molecular flexibility index (Phi) is 9.73. The first kappa shape index (κ1) is 27.0. The minimum Gasteiger partial charge on any atom is -0.497 e. The van der Waals surface area contributed by atoms with E-state index in [1.807, 2.05) is 0 Å². The van der Waals surface area contributed by atoms with Crippen molar-refractivity contribution in [3.05, 3.63) is 54.1 Å². The molecule has 0 aliphatic carbocycles. The quantitative estimate of drug-likeness (QED) is 0.489. The first-order valence-corrected chi connectivity index (χ1v) is 12.8. The van der Waals surface area contributed by atoms with Crippen LogP contribution >= 0.6 is 0 Å². The van der Waals surface area contributed by atoms with Crippen LogP contribution in [0.25, 0.3) is 0 Å². The van der Waals surface area contributed by atoms with Crippen LogP contribution in [0.15, 0.2) is 48.5 Å². The van der Waals surface area contributed by atoms with Gasteiger partial charge in [-0.3, -0.25) is 13.9 Å². The van der Waals surface area contributed by atoms with E-state index < -0.39 is 28.5 Å². The van der Waals surface area contributed by atoms with Crippen molar-refractivity contribution in [3.8, 4) is 11.5 Å². The smallest absolute Gasteiger partial charge is 0.244 e. The zero-order chi connectivity index (χ0) is 25.3. The van der Waals surface area contributed by atoms with Crippen LogP contribution in [0.4, 0.5) is 5.69 Å². The third-order valence-electron chi connectivity index (χ3n) is 5.26. The van der Waals surface area contributed by atoms with E-state index in [0.29, 0.717) is 24.5 Å². The van der Waals surface area contributed by atoms with Crippen molar-refractivity contribution >= 4 is 27.5 Å². The Balaban J connectivity index is 2.45. The van der Waals surface area contributed by atoms with Crippen LogP contribution in [-0.4, -0.2) is 64.7 Å². The van der Waals surface area contributed by atoms with E-state index in [2.05, 4.69) is 5.32 Å².